The maximum Gasteiger partial charge on any atom is 0.336 e. The van der Waals surface area contributed by atoms with Crippen molar-refractivity contribution in [2.45, 2.75) is 25.2 Å². The van der Waals surface area contributed by atoms with Crippen LogP contribution in [0.15, 0.2) is 71.6 Å². The average molecular weight is 426 g/mol. The molecule has 0 aromatic heterocycles. The van der Waals surface area contributed by atoms with Gasteiger partial charge in [0.15, 0.2) is 0 Å². The van der Waals surface area contributed by atoms with E-state index in [4.69, 9.17) is 16.3 Å². The third kappa shape index (κ3) is 3.54. The van der Waals surface area contributed by atoms with Crippen LogP contribution in [0.25, 0.3) is 0 Å². The van der Waals surface area contributed by atoms with Crippen LogP contribution in [0.1, 0.15) is 36.3 Å². The van der Waals surface area contributed by atoms with Crippen LogP contribution in [-0.2, 0) is 14.3 Å². The van der Waals surface area contributed by atoms with Crippen LogP contribution in [-0.4, -0.2) is 18.9 Å². The minimum atomic E-state index is -0.577. The Balaban J connectivity index is 1.84. The van der Waals surface area contributed by atoms with Gasteiger partial charge in [-0.15, -0.1) is 0 Å². The summed E-state index contributed by atoms with van der Waals surface area (Å²) >= 11 is 6.37. The molecule has 3 unspecified atom stereocenters. The highest BCUT2D eigenvalue weighted by Gasteiger charge is 2.45. The van der Waals surface area contributed by atoms with Gasteiger partial charge in [-0.25, -0.2) is 9.18 Å². The molecule has 0 saturated heterocycles. The van der Waals surface area contributed by atoms with Gasteiger partial charge >= 0.3 is 5.97 Å². The molecule has 2 aromatic rings. The lowest BCUT2D eigenvalue weighted by atomic mass is 9.68. The Hall–Kier alpha value is -2.92. The number of benzene rings is 2. The molecule has 1 heterocycles. The van der Waals surface area contributed by atoms with Gasteiger partial charge < -0.3 is 10.1 Å². The van der Waals surface area contributed by atoms with Gasteiger partial charge in [0.05, 0.1) is 18.6 Å². The normalized spacial score (nSPS) is 23.4. The molecule has 1 aliphatic heterocycles. The first-order valence-corrected chi connectivity index (χ1v) is 10.1. The molecule has 4 nitrogen and oxygen atoms in total. The molecular formula is C24H21ClFNO3. The van der Waals surface area contributed by atoms with Crippen LogP contribution in [0.5, 0.6) is 0 Å². The van der Waals surface area contributed by atoms with Crippen LogP contribution in [0.4, 0.5) is 4.39 Å². The Kier molecular flexibility index (Phi) is 5.48. The number of rotatable bonds is 3. The second-order valence-corrected chi connectivity index (χ2v) is 7.99. The molecule has 1 aliphatic carbocycles. The van der Waals surface area contributed by atoms with E-state index in [1.165, 1.54) is 19.2 Å². The van der Waals surface area contributed by atoms with Gasteiger partial charge in [-0.05, 0) is 36.2 Å². The van der Waals surface area contributed by atoms with Gasteiger partial charge in [-0.1, -0.05) is 48.0 Å². The molecule has 0 saturated carbocycles. The van der Waals surface area contributed by atoms with Gasteiger partial charge in [0.1, 0.15) is 11.6 Å². The topological polar surface area (TPSA) is 55.4 Å². The first-order valence-electron chi connectivity index (χ1n) is 9.71. The number of esters is 1. The number of ether oxygens (including phenoxy) is 1. The van der Waals surface area contributed by atoms with E-state index in [1.807, 2.05) is 30.3 Å². The lowest BCUT2D eigenvalue weighted by Gasteiger charge is -2.39. The molecule has 1 N–H and O–H groups in total. The molecular weight excluding hydrogens is 405 g/mol. The number of fused-ring (bicyclic) bond motifs is 1. The van der Waals surface area contributed by atoms with Crippen molar-refractivity contribution in [1.82, 2.24) is 5.32 Å². The van der Waals surface area contributed by atoms with Crippen molar-refractivity contribution in [2.75, 3.05) is 7.11 Å². The Morgan fingerprint density at radius 1 is 1.13 bits per heavy atom. The minimum absolute atomic E-state index is 0.00634. The molecule has 0 amide bonds. The maximum atomic E-state index is 13.5. The van der Waals surface area contributed by atoms with Crippen LogP contribution in [0, 0.1) is 11.7 Å². The number of Topliss-reactive ketones (excluding diaryl/α,β-unsaturated/α-hetero) is 1. The van der Waals surface area contributed by atoms with Gasteiger partial charge in [-0.3, -0.25) is 4.79 Å². The Morgan fingerprint density at radius 3 is 2.50 bits per heavy atom. The first-order chi connectivity index (χ1) is 14.4. The predicted octanol–water partition coefficient (Wildman–Crippen LogP) is 4.87. The number of carbonyl (C=O) groups is 2. The Labute approximate surface area is 179 Å². The van der Waals surface area contributed by atoms with E-state index in [1.54, 1.807) is 19.1 Å². The van der Waals surface area contributed by atoms with Crippen molar-refractivity contribution < 1.29 is 18.7 Å². The van der Waals surface area contributed by atoms with E-state index in [0.29, 0.717) is 21.9 Å². The fourth-order valence-electron chi connectivity index (χ4n) is 4.46. The molecule has 30 heavy (non-hydrogen) atoms. The van der Waals surface area contributed by atoms with E-state index < -0.39 is 17.8 Å². The van der Waals surface area contributed by atoms with Gasteiger partial charge in [-0.2, -0.15) is 0 Å². The zero-order valence-electron chi connectivity index (χ0n) is 16.6. The van der Waals surface area contributed by atoms with Crippen LogP contribution >= 0.6 is 11.6 Å². The SMILES string of the molecule is COC(=O)C1=C(C)NC2=CC(c3ccccc3Cl)CC(=O)C2C1c1ccc(F)cc1. The van der Waals surface area contributed by atoms with Crippen LogP contribution < -0.4 is 5.32 Å². The summed E-state index contributed by atoms with van der Waals surface area (Å²) in [6, 6.07) is 13.4. The van der Waals surface area contributed by atoms with Gasteiger partial charge in [0.2, 0.25) is 0 Å². The molecule has 0 fully saturated rings. The van der Waals surface area contributed by atoms with E-state index in [2.05, 4.69) is 5.32 Å². The molecule has 6 heteroatoms. The predicted molar refractivity (Wildman–Crippen MR) is 112 cm³/mol. The monoisotopic (exact) mass is 425 g/mol. The number of carbonyl (C=O) groups excluding carboxylic acids is 2. The number of hydrogen-bond donors (Lipinski definition) is 1. The molecule has 2 aromatic carbocycles. The highest BCUT2D eigenvalue weighted by molar-refractivity contribution is 6.31. The van der Waals surface area contributed by atoms with Crippen LogP contribution in [0.2, 0.25) is 5.02 Å². The van der Waals surface area contributed by atoms with E-state index in [0.717, 1.165) is 11.3 Å². The number of allylic oxidation sites excluding steroid dienone is 3. The molecule has 0 bridgehead atoms. The van der Waals surface area contributed by atoms with Crippen molar-refractivity contribution >= 4 is 23.4 Å². The van der Waals surface area contributed by atoms with Crippen molar-refractivity contribution in [1.29, 1.82) is 0 Å². The van der Waals surface area contributed by atoms with Crippen molar-refractivity contribution in [3.05, 3.63) is 93.5 Å². The maximum absolute atomic E-state index is 13.5. The number of hydrogen-bond acceptors (Lipinski definition) is 4. The number of halogens is 2. The van der Waals surface area contributed by atoms with Crippen LogP contribution in [0.3, 0.4) is 0 Å². The molecule has 3 atom stereocenters. The first kappa shape index (κ1) is 20.4. The van der Waals surface area contributed by atoms with E-state index in [9.17, 15) is 14.0 Å². The van der Waals surface area contributed by atoms with Crippen molar-refractivity contribution in [3.63, 3.8) is 0 Å². The fraction of sp³-hybridized carbons (Fsp3) is 0.250. The zero-order valence-corrected chi connectivity index (χ0v) is 17.4. The van der Waals surface area contributed by atoms with Crippen molar-refractivity contribution in [3.8, 4) is 0 Å². The third-order valence-electron chi connectivity index (χ3n) is 5.80. The number of ketones is 1. The summed E-state index contributed by atoms with van der Waals surface area (Å²) in [6.07, 6.45) is 2.28. The summed E-state index contributed by atoms with van der Waals surface area (Å²) < 4.78 is 18.5. The smallest absolute Gasteiger partial charge is 0.336 e. The van der Waals surface area contributed by atoms with E-state index in [-0.39, 0.29) is 23.9 Å². The summed E-state index contributed by atoms with van der Waals surface area (Å²) in [5.74, 6) is -2.18. The quantitative estimate of drug-likeness (QED) is 0.713. The second-order valence-electron chi connectivity index (χ2n) is 7.58. The summed E-state index contributed by atoms with van der Waals surface area (Å²) in [5.41, 5.74) is 3.31. The Bertz CT molecular complexity index is 1070. The summed E-state index contributed by atoms with van der Waals surface area (Å²) in [6.45, 7) is 1.78. The van der Waals surface area contributed by atoms with Crippen molar-refractivity contribution in [2.24, 2.45) is 5.92 Å². The standard InChI is InChI=1S/C24H21ClFNO3/c1-13-21(24(29)30-2)22(14-7-9-16(26)10-8-14)23-19(27-13)11-15(12-20(23)28)17-5-3-4-6-18(17)25/h3-11,15,22-23,27H,12H2,1-2H3. The summed E-state index contributed by atoms with van der Waals surface area (Å²) in [5, 5.41) is 3.86. The lowest BCUT2D eigenvalue weighted by molar-refractivity contribution is -0.136. The molecule has 154 valence electrons. The largest absolute Gasteiger partial charge is 0.466 e. The average Bonchev–Trinajstić information content (AvgIpc) is 2.73. The third-order valence-corrected chi connectivity index (χ3v) is 6.15. The number of nitrogens with one attached hydrogen (secondary N) is 1. The molecule has 0 spiro atoms. The molecule has 2 aliphatic rings. The highest BCUT2D eigenvalue weighted by Crippen LogP contribution is 2.46. The minimum Gasteiger partial charge on any atom is -0.466 e. The highest BCUT2D eigenvalue weighted by atomic mass is 35.5. The zero-order chi connectivity index (χ0) is 21.4. The molecule has 4 rings (SSSR count). The summed E-state index contributed by atoms with van der Waals surface area (Å²) in [7, 11) is 1.31. The van der Waals surface area contributed by atoms with Gasteiger partial charge in [0.25, 0.3) is 0 Å². The fourth-order valence-corrected chi connectivity index (χ4v) is 4.74. The van der Waals surface area contributed by atoms with Gasteiger partial charge in [0, 0.05) is 34.7 Å². The second kappa shape index (κ2) is 8.07. The molecule has 0 radical (unpaired) electrons. The lowest BCUT2D eigenvalue weighted by Crippen LogP contribution is -2.41. The number of methoxy groups -OCH3 is 1. The summed E-state index contributed by atoms with van der Waals surface area (Å²) in [4.78, 5) is 26.0. The Morgan fingerprint density at radius 2 is 1.83 bits per heavy atom. The van der Waals surface area contributed by atoms with E-state index >= 15 is 0 Å².